The van der Waals surface area contributed by atoms with Crippen LogP contribution in [0.3, 0.4) is 0 Å². The van der Waals surface area contributed by atoms with E-state index in [-0.39, 0.29) is 0 Å². The summed E-state index contributed by atoms with van der Waals surface area (Å²) < 4.78 is 0. The van der Waals surface area contributed by atoms with Crippen LogP contribution in [0.4, 0.5) is 0 Å². The number of nitrogens with one attached hydrogen (secondary N) is 1. The SMILES string of the molecule is CNCc1cc(C)ccc1Sc1nc(C)c(C)c(C)n1. The second kappa shape index (κ2) is 6.37. The molecule has 0 aliphatic heterocycles. The van der Waals surface area contributed by atoms with Gasteiger partial charge in [-0.05, 0) is 63.7 Å². The maximum Gasteiger partial charge on any atom is 0.192 e. The topological polar surface area (TPSA) is 37.8 Å². The average Bonchev–Trinajstić information content (AvgIpc) is 2.39. The average molecular weight is 287 g/mol. The van der Waals surface area contributed by atoms with Crippen molar-refractivity contribution in [2.45, 2.75) is 44.3 Å². The zero-order valence-corrected chi connectivity index (χ0v) is 13.6. The lowest BCUT2D eigenvalue weighted by Gasteiger charge is -2.11. The van der Waals surface area contributed by atoms with E-state index in [4.69, 9.17) is 0 Å². The van der Waals surface area contributed by atoms with Crippen molar-refractivity contribution < 1.29 is 0 Å². The van der Waals surface area contributed by atoms with Gasteiger partial charge in [0.1, 0.15) is 0 Å². The summed E-state index contributed by atoms with van der Waals surface area (Å²) in [5.41, 5.74) is 5.85. The molecule has 0 aliphatic rings. The lowest BCUT2D eigenvalue weighted by atomic mass is 10.1. The molecule has 0 radical (unpaired) electrons. The number of hydrogen-bond donors (Lipinski definition) is 1. The van der Waals surface area contributed by atoms with Crippen LogP contribution in [0.2, 0.25) is 0 Å². The first kappa shape index (κ1) is 15.0. The largest absolute Gasteiger partial charge is 0.316 e. The molecule has 0 saturated carbocycles. The minimum absolute atomic E-state index is 0.826. The summed E-state index contributed by atoms with van der Waals surface area (Å²) in [4.78, 5) is 10.4. The van der Waals surface area contributed by atoms with Gasteiger partial charge in [-0.25, -0.2) is 9.97 Å². The molecule has 0 bridgehead atoms. The Balaban J connectivity index is 2.34. The number of benzene rings is 1. The lowest BCUT2D eigenvalue weighted by Crippen LogP contribution is -2.06. The maximum absolute atomic E-state index is 4.58. The molecule has 20 heavy (non-hydrogen) atoms. The molecule has 1 N–H and O–H groups in total. The standard InChI is InChI=1S/C16H21N3S/c1-10-6-7-15(14(8-10)9-17-5)20-16-18-12(3)11(2)13(4)19-16/h6-8,17H,9H2,1-5H3. The van der Waals surface area contributed by atoms with Crippen LogP contribution in [-0.4, -0.2) is 17.0 Å². The van der Waals surface area contributed by atoms with E-state index in [1.54, 1.807) is 11.8 Å². The maximum atomic E-state index is 4.58. The zero-order valence-electron chi connectivity index (χ0n) is 12.7. The van der Waals surface area contributed by atoms with Crippen LogP contribution in [0.15, 0.2) is 28.3 Å². The number of rotatable bonds is 4. The Kier molecular flexibility index (Phi) is 4.78. The molecule has 4 heteroatoms. The quantitative estimate of drug-likeness (QED) is 0.872. The molecule has 0 unspecified atom stereocenters. The summed E-state index contributed by atoms with van der Waals surface area (Å²) >= 11 is 1.64. The number of aryl methyl sites for hydroxylation is 3. The summed E-state index contributed by atoms with van der Waals surface area (Å²) in [5, 5.41) is 4.04. The number of hydrogen-bond acceptors (Lipinski definition) is 4. The minimum atomic E-state index is 0.826. The molecule has 0 spiro atoms. The Labute approximate surface area is 125 Å². The lowest BCUT2D eigenvalue weighted by molar-refractivity contribution is 0.800. The van der Waals surface area contributed by atoms with Crippen molar-refractivity contribution in [1.29, 1.82) is 0 Å². The van der Waals surface area contributed by atoms with Crippen LogP contribution >= 0.6 is 11.8 Å². The van der Waals surface area contributed by atoms with Gasteiger partial charge in [-0.15, -0.1) is 0 Å². The van der Waals surface area contributed by atoms with E-state index in [0.29, 0.717) is 0 Å². The van der Waals surface area contributed by atoms with Crippen LogP contribution in [0.25, 0.3) is 0 Å². The van der Waals surface area contributed by atoms with E-state index in [0.717, 1.165) is 23.1 Å². The molecule has 1 aromatic carbocycles. The van der Waals surface area contributed by atoms with Crippen LogP contribution in [-0.2, 0) is 6.54 Å². The van der Waals surface area contributed by atoms with Gasteiger partial charge in [0, 0.05) is 22.8 Å². The van der Waals surface area contributed by atoms with Crippen molar-refractivity contribution in [2.75, 3.05) is 7.05 Å². The predicted molar refractivity (Wildman–Crippen MR) is 84.3 cm³/mol. The van der Waals surface area contributed by atoms with Crippen LogP contribution < -0.4 is 5.32 Å². The molecule has 3 nitrogen and oxygen atoms in total. The molecular weight excluding hydrogens is 266 g/mol. The Morgan fingerprint density at radius 3 is 2.30 bits per heavy atom. The highest BCUT2D eigenvalue weighted by Gasteiger charge is 2.09. The summed E-state index contributed by atoms with van der Waals surface area (Å²) in [6.07, 6.45) is 0. The smallest absolute Gasteiger partial charge is 0.192 e. The van der Waals surface area contributed by atoms with Crippen molar-refractivity contribution in [3.63, 3.8) is 0 Å². The third-order valence-corrected chi connectivity index (χ3v) is 4.38. The van der Waals surface area contributed by atoms with Gasteiger partial charge < -0.3 is 5.32 Å². The van der Waals surface area contributed by atoms with Crippen LogP contribution in [0.1, 0.15) is 28.1 Å². The highest BCUT2D eigenvalue weighted by molar-refractivity contribution is 7.99. The monoisotopic (exact) mass is 287 g/mol. The molecule has 106 valence electrons. The van der Waals surface area contributed by atoms with Gasteiger partial charge in [-0.1, -0.05) is 17.7 Å². The van der Waals surface area contributed by atoms with E-state index < -0.39 is 0 Å². The Hall–Kier alpha value is -1.39. The zero-order chi connectivity index (χ0) is 14.7. The third-order valence-electron chi connectivity index (χ3n) is 3.40. The molecule has 2 rings (SSSR count). The fourth-order valence-corrected chi connectivity index (χ4v) is 2.98. The number of aromatic nitrogens is 2. The van der Waals surface area contributed by atoms with Crippen LogP contribution in [0.5, 0.6) is 0 Å². The molecule has 0 fully saturated rings. The summed E-state index contributed by atoms with van der Waals surface area (Å²) in [6.45, 7) is 9.12. The van der Waals surface area contributed by atoms with Crippen molar-refractivity contribution >= 4 is 11.8 Å². The van der Waals surface area contributed by atoms with E-state index in [1.807, 2.05) is 20.9 Å². The minimum Gasteiger partial charge on any atom is -0.316 e. The first-order chi connectivity index (χ1) is 9.51. The summed E-state index contributed by atoms with van der Waals surface area (Å²) in [5.74, 6) is 0. The molecule has 0 atom stereocenters. The van der Waals surface area contributed by atoms with Gasteiger partial charge in [0.2, 0.25) is 0 Å². The fourth-order valence-electron chi connectivity index (χ4n) is 2.02. The molecule has 0 amide bonds. The van der Waals surface area contributed by atoms with Crippen molar-refractivity contribution in [1.82, 2.24) is 15.3 Å². The predicted octanol–water partition coefficient (Wildman–Crippen LogP) is 3.58. The van der Waals surface area contributed by atoms with Crippen molar-refractivity contribution in [3.05, 3.63) is 46.3 Å². The van der Waals surface area contributed by atoms with Crippen LogP contribution in [0, 0.1) is 27.7 Å². The molecular formula is C16H21N3S. The molecule has 0 aliphatic carbocycles. The number of nitrogens with zero attached hydrogens (tertiary/aromatic N) is 2. The molecule has 1 heterocycles. The molecule has 0 saturated heterocycles. The second-order valence-electron chi connectivity index (χ2n) is 5.05. The first-order valence-electron chi connectivity index (χ1n) is 6.75. The van der Waals surface area contributed by atoms with Gasteiger partial charge in [0.05, 0.1) is 0 Å². The molecule has 1 aromatic heterocycles. The summed E-state index contributed by atoms with van der Waals surface area (Å²) in [6, 6.07) is 6.50. The Bertz CT molecular complexity index is 600. The van der Waals surface area contributed by atoms with Gasteiger partial charge >= 0.3 is 0 Å². The van der Waals surface area contributed by atoms with Crippen molar-refractivity contribution in [2.24, 2.45) is 0 Å². The van der Waals surface area contributed by atoms with Gasteiger partial charge in [-0.3, -0.25) is 0 Å². The van der Waals surface area contributed by atoms with Crippen molar-refractivity contribution in [3.8, 4) is 0 Å². The highest BCUT2D eigenvalue weighted by Crippen LogP contribution is 2.29. The summed E-state index contributed by atoms with van der Waals surface area (Å²) in [7, 11) is 1.97. The Morgan fingerprint density at radius 2 is 1.70 bits per heavy atom. The van der Waals surface area contributed by atoms with E-state index in [1.165, 1.54) is 21.6 Å². The highest BCUT2D eigenvalue weighted by atomic mass is 32.2. The van der Waals surface area contributed by atoms with Gasteiger partial charge in [0.15, 0.2) is 5.16 Å². The first-order valence-corrected chi connectivity index (χ1v) is 7.56. The fraction of sp³-hybridized carbons (Fsp3) is 0.375. The second-order valence-corrected chi connectivity index (χ2v) is 6.05. The Morgan fingerprint density at radius 1 is 1.05 bits per heavy atom. The van der Waals surface area contributed by atoms with Gasteiger partial charge in [-0.2, -0.15) is 0 Å². The molecule has 2 aromatic rings. The van der Waals surface area contributed by atoms with E-state index in [2.05, 4.69) is 47.3 Å². The third kappa shape index (κ3) is 3.38. The van der Waals surface area contributed by atoms with E-state index in [9.17, 15) is 0 Å². The van der Waals surface area contributed by atoms with E-state index >= 15 is 0 Å². The van der Waals surface area contributed by atoms with Gasteiger partial charge in [0.25, 0.3) is 0 Å². The normalized spacial score (nSPS) is 10.8.